The predicted octanol–water partition coefficient (Wildman–Crippen LogP) is 3.67. The Balaban J connectivity index is 2.22. The van der Waals surface area contributed by atoms with Gasteiger partial charge in [0.1, 0.15) is 0 Å². The second-order valence-corrected chi connectivity index (χ2v) is 6.06. The summed E-state index contributed by atoms with van der Waals surface area (Å²) in [6, 6.07) is 10.1. The average Bonchev–Trinajstić information content (AvgIpc) is 2.94. The van der Waals surface area contributed by atoms with Gasteiger partial charge in [-0.1, -0.05) is 24.3 Å². The number of nitrogens with zero attached hydrogens (tertiary/aromatic N) is 2. The summed E-state index contributed by atoms with van der Waals surface area (Å²) in [5.74, 6) is 0.624. The van der Waals surface area contributed by atoms with Crippen molar-refractivity contribution in [1.82, 2.24) is 9.97 Å². The molecule has 3 rings (SSSR count). The molecule has 3 aromatic rings. The number of benzene rings is 1. The molecule has 0 unspecified atom stereocenters. The van der Waals surface area contributed by atoms with Gasteiger partial charge in [0.05, 0.1) is 22.5 Å². The smallest absolute Gasteiger partial charge is 0.224 e. The first kappa shape index (κ1) is 14.0. The Morgan fingerprint density at radius 2 is 2.00 bits per heavy atom. The molecule has 2 aromatic heterocycles. The van der Waals surface area contributed by atoms with Crippen LogP contribution in [0.1, 0.15) is 19.4 Å². The van der Waals surface area contributed by atoms with Gasteiger partial charge in [0.2, 0.25) is 5.95 Å². The maximum Gasteiger partial charge on any atom is 0.224 e. The number of fused-ring (bicyclic) bond motifs is 1. The van der Waals surface area contributed by atoms with Gasteiger partial charge in [-0.05, 0) is 30.9 Å². The summed E-state index contributed by atoms with van der Waals surface area (Å²) in [5.41, 5.74) is 3.65. The van der Waals surface area contributed by atoms with Crippen molar-refractivity contribution in [3.63, 3.8) is 0 Å². The highest BCUT2D eigenvalue weighted by Crippen LogP contribution is 2.33. The Hall–Kier alpha value is -1.98. The SMILES string of the molecule is CC(C)Nc1nc(-c2ccccc2CO)c2sccc2n1. The fourth-order valence-electron chi connectivity index (χ4n) is 2.26. The van der Waals surface area contributed by atoms with Gasteiger partial charge in [-0.25, -0.2) is 9.97 Å². The van der Waals surface area contributed by atoms with Gasteiger partial charge >= 0.3 is 0 Å². The van der Waals surface area contributed by atoms with Crippen LogP contribution in [-0.2, 0) is 6.61 Å². The van der Waals surface area contributed by atoms with E-state index in [-0.39, 0.29) is 12.6 Å². The first-order chi connectivity index (χ1) is 10.2. The van der Waals surface area contributed by atoms with Crippen molar-refractivity contribution in [2.45, 2.75) is 26.5 Å². The fourth-order valence-corrected chi connectivity index (χ4v) is 3.09. The van der Waals surface area contributed by atoms with Crippen molar-refractivity contribution in [3.05, 3.63) is 41.3 Å². The van der Waals surface area contributed by atoms with Crippen LogP contribution in [0.2, 0.25) is 0 Å². The second-order valence-electron chi connectivity index (χ2n) is 5.15. The Morgan fingerprint density at radius 1 is 1.19 bits per heavy atom. The van der Waals surface area contributed by atoms with Crippen LogP contribution in [-0.4, -0.2) is 21.1 Å². The van der Waals surface area contributed by atoms with Crippen molar-refractivity contribution in [2.75, 3.05) is 5.32 Å². The van der Waals surface area contributed by atoms with Crippen LogP contribution in [0.15, 0.2) is 35.7 Å². The maximum absolute atomic E-state index is 9.56. The standard InChI is InChI=1S/C16H17N3OS/c1-10(2)17-16-18-13-7-8-21-15(13)14(19-16)12-6-4-3-5-11(12)9-20/h3-8,10,20H,9H2,1-2H3,(H,17,18,19). The molecule has 0 atom stereocenters. The molecular formula is C16H17N3OS. The van der Waals surface area contributed by atoms with Crippen molar-refractivity contribution < 1.29 is 5.11 Å². The number of thiophene rings is 1. The third-order valence-corrected chi connectivity index (χ3v) is 4.07. The zero-order valence-corrected chi connectivity index (χ0v) is 12.8. The minimum absolute atomic E-state index is 0.0000127. The van der Waals surface area contributed by atoms with Gasteiger partial charge in [0.15, 0.2) is 0 Å². The minimum Gasteiger partial charge on any atom is -0.392 e. The van der Waals surface area contributed by atoms with E-state index in [1.54, 1.807) is 11.3 Å². The second kappa shape index (κ2) is 5.79. The molecule has 0 radical (unpaired) electrons. The van der Waals surface area contributed by atoms with E-state index in [1.165, 1.54) is 0 Å². The van der Waals surface area contributed by atoms with Crippen molar-refractivity contribution in [1.29, 1.82) is 0 Å². The Labute approximate surface area is 127 Å². The molecule has 108 valence electrons. The lowest BCUT2D eigenvalue weighted by molar-refractivity contribution is 0.282. The molecule has 0 saturated carbocycles. The first-order valence-corrected chi connectivity index (χ1v) is 7.78. The molecule has 0 aliphatic carbocycles. The molecule has 0 saturated heterocycles. The van der Waals surface area contributed by atoms with Crippen molar-refractivity contribution in [2.24, 2.45) is 0 Å². The number of rotatable bonds is 4. The van der Waals surface area contributed by atoms with E-state index < -0.39 is 0 Å². The largest absolute Gasteiger partial charge is 0.392 e. The summed E-state index contributed by atoms with van der Waals surface area (Å²) in [6.45, 7) is 4.12. The van der Waals surface area contributed by atoms with E-state index in [0.717, 1.165) is 27.0 Å². The van der Waals surface area contributed by atoms with Crippen molar-refractivity contribution in [3.8, 4) is 11.3 Å². The molecule has 2 N–H and O–H groups in total. The quantitative estimate of drug-likeness (QED) is 0.771. The van der Waals surface area contributed by atoms with E-state index in [4.69, 9.17) is 0 Å². The number of aromatic nitrogens is 2. The Kier molecular flexibility index (Phi) is 3.86. The molecule has 0 spiro atoms. The summed E-state index contributed by atoms with van der Waals surface area (Å²) in [6.07, 6.45) is 0. The molecule has 21 heavy (non-hydrogen) atoms. The van der Waals surface area contributed by atoms with Gasteiger partial charge < -0.3 is 10.4 Å². The van der Waals surface area contributed by atoms with Gasteiger partial charge in [0.25, 0.3) is 0 Å². The number of aliphatic hydroxyl groups excluding tert-OH is 1. The van der Waals surface area contributed by atoms with Crippen LogP contribution in [0.3, 0.4) is 0 Å². The third-order valence-electron chi connectivity index (χ3n) is 3.16. The highest BCUT2D eigenvalue weighted by Gasteiger charge is 2.14. The van der Waals surface area contributed by atoms with Crippen LogP contribution in [0.4, 0.5) is 5.95 Å². The van der Waals surface area contributed by atoms with Crippen LogP contribution < -0.4 is 5.32 Å². The molecular weight excluding hydrogens is 282 g/mol. The normalized spacial score (nSPS) is 11.2. The lowest BCUT2D eigenvalue weighted by atomic mass is 10.0. The molecule has 5 heteroatoms. The van der Waals surface area contributed by atoms with Gasteiger partial charge in [-0.3, -0.25) is 0 Å². The summed E-state index contributed by atoms with van der Waals surface area (Å²) in [7, 11) is 0. The predicted molar refractivity (Wildman–Crippen MR) is 87.5 cm³/mol. The molecule has 0 bridgehead atoms. The van der Waals surface area contributed by atoms with Crippen molar-refractivity contribution >= 4 is 27.5 Å². The number of hydrogen-bond donors (Lipinski definition) is 2. The lowest BCUT2D eigenvalue weighted by Crippen LogP contribution is -2.12. The summed E-state index contributed by atoms with van der Waals surface area (Å²) in [5, 5.41) is 14.8. The van der Waals surface area contributed by atoms with E-state index in [9.17, 15) is 5.11 Å². The van der Waals surface area contributed by atoms with E-state index in [2.05, 4.69) is 29.1 Å². The van der Waals surface area contributed by atoms with E-state index in [1.807, 2.05) is 35.7 Å². The van der Waals surface area contributed by atoms with Crippen LogP contribution >= 0.6 is 11.3 Å². The molecule has 0 aliphatic heterocycles. The zero-order valence-electron chi connectivity index (χ0n) is 12.0. The van der Waals surface area contributed by atoms with E-state index >= 15 is 0 Å². The Morgan fingerprint density at radius 3 is 2.76 bits per heavy atom. The number of nitrogens with one attached hydrogen (secondary N) is 1. The highest BCUT2D eigenvalue weighted by atomic mass is 32.1. The summed E-state index contributed by atoms with van der Waals surface area (Å²) < 4.78 is 1.05. The Bertz CT molecular complexity index is 767. The first-order valence-electron chi connectivity index (χ1n) is 6.90. The minimum atomic E-state index is -0.0000127. The monoisotopic (exact) mass is 299 g/mol. The van der Waals surface area contributed by atoms with Gasteiger partial charge in [0, 0.05) is 11.6 Å². The fraction of sp³-hybridized carbons (Fsp3) is 0.250. The molecule has 1 aromatic carbocycles. The number of anilines is 1. The highest BCUT2D eigenvalue weighted by molar-refractivity contribution is 7.17. The van der Waals surface area contributed by atoms with Gasteiger partial charge in [-0.2, -0.15) is 0 Å². The molecule has 4 nitrogen and oxygen atoms in total. The summed E-state index contributed by atoms with van der Waals surface area (Å²) >= 11 is 1.62. The lowest BCUT2D eigenvalue weighted by Gasteiger charge is -2.12. The maximum atomic E-state index is 9.56. The molecule has 0 amide bonds. The molecule has 0 aliphatic rings. The topological polar surface area (TPSA) is 58.0 Å². The summed E-state index contributed by atoms with van der Waals surface area (Å²) in [4.78, 5) is 9.21. The van der Waals surface area contributed by atoms with Crippen LogP contribution in [0.25, 0.3) is 21.5 Å². The molecule has 0 fully saturated rings. The zero-order chi connectivity index (χ0) is 14.8. The number of hydrogen-bond acceptors (Lipinski definition) is 5. The molecule has 2 heterocycles. The van der Waals surface area contributed by atoms with E-state index in [0.29, 0.717) is 5.95 Å². The number of aliphatic hydroxyl groups is 1. The van der Waals surface area contributed by atoms with Crippen LogP contribution in [0.5, 0.6) is 0 Å². The third kappa shape index (κ3) is 2.75. The van der Waals surface area contributed by atoms with Gasteiger partial charge in [-0.15, -0.1) is 11.3 Å². The van der Waals surface area contributed by atoms with Crippen LogP contribution in [0, 0.1) is 0 Å². The average molecular weight is 299 g/mol.